The first-order chi connectivity index (χ1) is 18.7. The van der Waals surface area contributed by atoms with Crippen molar-refractivity contribution in [2.45, 2.75) is 87.0 Å². The number of ketones is 2. The topological polar surface area (TPSA) is 92.8 Å². The third kappa shape index (κ3) is 3.10. The van der Waals surface area contributed by atoms with Crippen molar-refractivity contribution in [3.05, 3.63) is 42.0 Å². The van der Waals surface area contributed by atoms with Gasteiger partial charge in [0.1, 0.15) is 12.4 Å². The van der Waals surface area contributed by atoms with Crippen LogP contribution in [0, 0.1) is 68.0 Å². The molecular weight excluding hydrogens is 498 g/mol. The Morgan fingerprint density at radius 2 is 1.77 bits per heavy atom. The second-order valence-electron chi connectivity index (χ2n) is 15.1. The second kappa shape index (κ2) is 8.37. The summed E-state index contributed by atoms with van der Waals surface area (Å²) in [5, 5.41) is 9.93. The molecule has 1 aromatic heterocycles. The van der Waals surface area contributed by atoms with E-state index in [9.17, 15) is 19.6 Å². The lowest BCUT2D eigenvalue weighted by atomic mass is 9.34. The molecule has 40 heavy (non-hydrogen) atoms. The summed E-state index contributed by atoms with van der Waals surface area (Å²) in [5.74, 6) is 0.526. The van der Waals surface area contributed by atoms with Crippen molar-refractivity contribution in [1.82, 2.24) is 9.55 Å². The van der Waals surface area contributed by atoms with Crippen LogP contribution in [0.4, 0.5) is 0 Å². The van der Waals surface area contributed by atoms with E-state index >= 15 is 0 Å². The molecule has 1 heterocycles. The van der Waals surface area contributed by atoms with Crippen molar-refractivity contribution in [2.24, 2.45) is 56.7 Å². The molecule has 0 spiro atoms. The molecule has 0 unspecified atom stereocenters. The number of carbonyl (C=O) groups is 3. The predicted octanol–water partition coefficient (Wildman–Crippen LogP) is 6.60. The Bertz CT molecular complexity index is 1410. The van der Waals surface area contributed by atoms with Gasteiger partial charge >= 0.3 is 0 Å². The number of nitrogens with zero attached hydrogens (tertiary/aromatic N) is 3. The average Bonchev–Trinajstić information content (AvgIpc) is 3.45. The first-order valence-corrected chi connectivity index (χ1v) is 15.2. The van der Waals surface area contributed by atoms with Crippen molar-refractivity contribution in [2.75, 3.05) is 0 Å². The molecule has 0 bridgehead atoms. The summed E-state index contributed by atoms with van der Waals surface area (Å²) in [6, 6.07) is 2.19. The maximum Gasteiger partial charge on any atom is 0.238 e. The third-order valence-corrected chi connectivity index (χ3v) is 13.4. The van der Waals surface area contributed by atoms with Gasteiger partial charge in [0.2, 0.25) is 5.91 Å². The number of fused-ring (bicyclic) bond motifs is 7. The van der Waals surface area contributed by atoms with Crippen LogP contribution in [0.15, 0.2) is 42.0 Å². The molecule has 0 saturated heterocycles. The second-order valence-corrected chi connectivity index (χ2v) is 15.1. The highest BCUT2D eigenvalue weighted by Gasteiger charge is 2.71. The molecule has 0 amide bonds. The number of imidazole rings is 1. The number of carbonyl (C=O) groups excluding carboxylic acids is 3. The molecule has 0 aliphatic heterocycles. The Balaban J connectivity index is 1.54. The maximum atomic E-state index is 14.6. The maximum absolute atomic E-state index is 14.6. The largest absolute Gasteiger partial charge is 0.295 e. The molecule has 212 valence electrons. The van der Waals surface area contributed by atoms with Gasteiger partial charge in [-0.2, -0.15) is 5.26 Å². The Hall–Kier alpha value is -2.81. The van der Waals surface area contributed by atoms with Crippen molar-refractivity contribution in [3.8, 4) is 6.07 Å². The Kier molecular flexibility index (Phi) is 5.72. The quantitative estimate of drug-likeness (QED) is 0.399. The molecule has 9 atom stereocenters. The summed E-state index contributed by atoms with van der Waals surface area (Å²) in [7, 11) is 0. The Labute approximate surface area is 238 Å². The van der Waals surface area contributed by atoms with Gasteiger partial charge in [-0.1, -0.05) is 60.1 Å². The van der Waals surface area contributed by atoms with Crippen LogP contribution in [-0.4, -0.2) is 27.0 Å². The van der Waals surface area contributed by atoms with E-state index in [1.54, 1.807) is 23.3 Å². The molecule has 6 heteroatoms. The number of hydrogen-bond acceptors (Lipinski definition) is 5. The van der Waals surface area contributed by atoms with Crippen molar-refractivity contribution < 1.29 is 14.4 Å². The van der Waals surface area contributed by atoms with Gasteiger partial charge in [0.15, 0.2) is 11.6 Å². The number of rotatable bonds is 1. The Morgan fingerprint density at radius 1 is 1.05 bits per heavy atom. The van der Waals surface area contributed by atoms with E-state index in [2.05, 4.69) is 45.7 Å². The van der Waals surface area contributed by atoms with Crippen LogP contribution in [0.25, 0.3) is 0 Å². The molecule has 5 aliphatic rings. The van der Waals surface area contributed by atoms with Gasteiger partial charge in [-0.15, -0.1) is 0 Å². The van der Waals surface area contributed by atoms with Crippen LogP contribution in [0.5, 0.6) is 0 Å². The van der Waals surface area contributed by atoms with E-state index in [0.717, 1.165) is 44.1 Å². The molecule has 6 rings (SSSR count). The fourth-order valence-electron chi connectivity index (χ4n) is 10.9. The highest BCUT2D eigenvalue weighted by molar-refractivity contribution is 6.04. The summed E-state index contributed by atoms with van der Waals surface area (Å²) in [5.41, 5.74) is -1.11. The van der Waals surface area contributed by atoms with Crippen LogP contribution in [0.3, 0.4) is 0 Å². The lowest BCUT2D eigenvalue weighted by molar-refractivity contribution is -0.169. The molecule has 5 aliphatic carbocycles. The first kappa shape index (κ1) is 27.4. The smallest absolute Gasteiger partial charge is 0.238 e. The van der Waals surface area contributed by atoms with Crippen LogP contribution in [-0.2, 0) is 9.59 Å². The normalized spacial score (nSPS) is 45.6. The van der Waals surface area contributed by atoms with Gasteiger partial charge in [-0.05, 0) is 79.1 Å². The summed E-state index contributed by atoms with van der Waals surface area (Å²) < 4.78 is 1.65. The molecule has 6 nitrogen and oxygen atoms in total. The lowest BCUT2D eigenvalue weighted by Gasteiger charge is -2.69. The van der Waals surface area contributed by atoms with E-state index in [4.69, 9.17) is 0 Å². The molecule has 3 fully saturated rings. The highest BCUT2D eigenvalue weighted by atomic mass is 16.2. The van der Waals surface area contributed by atoms with E-state index < -0.39 is 16.2 Å². The molecular formula is C34H43N3O3. The summed E-state index contributed by atoms with van der Waals surface area (Å²) in [6.45, 7) is 15.3. The summed E-state index contributed by atoms with van der Waals surface area (Å²) in [6.07, 6.45) is 13.9. The molecule has 0 aromatic carbocycles. The van der Waals surface area contributed by atoms with Gasteiger partial charge < -0.3 is 0 Å². The zero-order valence-corrected chi connectivity index (χ0v) is 25.1. The van der Waals surface area contributed by atoms with Gasteiger partial charge in [-0.25, -0.2) is 4.98 Å². The van der Waals surface area contributed by atoms with Crippen LogP contribution >= 0.6 is 0 Å². The van der Waals surface area contributed by atoms with Gasteiger partial charge in [-0.3, -0.25) is 19.0 Å². The van der Waals surface area contributed by atoms with Gasteiger partial charge in [0.25, 0.3) is 0 Å². The highest BCUT2D eigenvalue weighted by Crippen LogP contribution is 2.74. The fraction of sp³-hybridized carbons (Fsp3) is 0.676. The predicted molar refractivity (Wildman–Crippen MR) is 152 cm³/mol. The first-order valence-electron chi connectivity index (χ1n) is 15.2. The monoisotopic (exact) mass is 541 g/mol. The zero-order chi connectivity index (χ0) is 29.0. The molecule has 3 saturated carbocycles. The van der Waals surface area contributed by atoms with Crippen molar-refractivity contribution in [1.29, 1.82) is 5.26 Å². The fourth-order valence-corrected chi connectivity index (χ4v) is 10.9. The molecule has 0 N–H and O–H groups in total. The van der Waals surface area contributed by atoms with Crippen LogP contribution < -0.4 is 0 Å². The van der Waals surface area contributed by atoms with E-state index in [1.807, 2.05) is 26.0 Å². The third-order valence-electron chi connectivity index (χ3n) is 13.4. The number of Topliss-reactive ketones (excluding diaryl/α,β-unsaturated/α-hetero) is 1. The standard InChI is InChI=1S/C34H43N3O3/c1-20-8-11-34(29(40)37-15-14-36-19-37)13-12-33(7)27(26(34)21(20)2)23(38)16-25-31(5)17-22(18-35)28(39)30(3,4)24(31)9-10-32(25,33)6/h14-17,19-21,24,26-27H,8-13H2,1-7H3/t20-,21+,24+,26+,27-,31+,32-,33-,34+/m1/s1. The minimum absolute atomic E-state index is 0.0241. The number of hydrogen-bond donors (Lipinski definition) is 0. The van der Waals surface area contributed by atoms with Crippen molar-refractivity contribution in [3.63, 3.8) is 0 Å². The number of aromatic nitrogens is 2. The SMILES string of the molecule is C[C@@H]1[C@H]2[C@H]3C(=O)C=C4[C@@]5(C)C=C(C#N)C(=O)C(C)(C)[C@@H]5CC[C@@]4(C)[C@]3(C)CC[C@@]2(C(=O)n2ccnc2)CC[C@H]1C. The van der Waals surface area contributed by atoms with E-state index in [1.165, 1.54) is 0 Å². The van der Waals surface area contributed by atoms with E-state index in [0.29, 0.717) is 5.92 Å². The van der Waals surface area contributed by atoms with Gasteiger partial charge in [0, 0.05) is 29.1 Å². The van der Waals surface area contributed by atoms with Crippen LogP contribution in [0.1, 0.15) is 91.8 Å². The summed E-state index contributed by atoms with van der Waals surface area (Å²) in [4.78, 5) is 46.3. The minimum atomic E-state index is -0.677. The van der Waals surface area contributed by atoms with E-state index in [-0.39, 0.29) is 57.5 Å². The van der Waals surface area contributed by atoms with Crippen molar-refractivity contribution >= 4 is 17.5 Å². The minimum Gasteiger partial charge on any atom is -0.295 e. The zero-order valence-electron chi connectivity index (χ0n) is 25.1. The average molecular weight is 542 g/mol. The van der Waals surface area contributed by atoms with Crippen LogP contribution in [0.2, 0.25) is 0 Å². The Morgan fingerprint density at radius 3 is 2.42 bits per heavy atom. The summed E-state index contributed by atoms with van der Waals surface area (Å²) >= 11 is 0. The number of allylic oxidation sites excluding steroid dienone is 4. The molecule has 1 aromatic rings. The number of nitriles is 1. The van der Waals surface area contributed by atoms with Gasteiger partial charge in [0.05, 0.1) is 11.0 Å². The lowest BCUT2D eigenvalue weighted by Crippen LogP contribution is -2.66. The molecule has 0 radical (unpaired) electrons.